The number of halogens is 4. The average molecular weight is 541 g/mol. The Morgan fingerprint density at radius 3 is 2.54 bits per heavy atom. The Kier molecular flexibility index (Phi) is 9.31. The number of ether oxygens (including phenoxy) is 3. The summed E-state index contributed by atoms with van der Waals surface area (Å²) in [7, 11) is 1.48. The first-order valence-corrected chi connectivity index (χ1v) is 11.9. The van der Waals surface area contributed by atoms with Gasteiger partial charge in [0.25, 0.3) is 0 Å². The van der Waals surface area contributed by atoms with Crippen molar-refractivity contribution in [2.24, 2.45) is 0 Å². The van der Waals surface area contributed by atoms with Crippen LogP contribution in [0.3, 0.4) is 0 Å². The lowest BCUT2D eigenvalue weighted by Gasteiger charge is -2.14. The molecule has 0 unspecified atom stereocenters. The van der Waals surface area contributed by atoms with Gasteiger partial charge in [-0.25, -0.2) is 0 Å². The van der Waals surface area contributed by atoms with E-state index < -0.39 is 17.7 Å². The second-order valence-corrected chi connectivity index (χ2v) is 8.98. The fraction of sp³-hybridized carbons (Fsp3) is 0.385. The molecule has 3 rings (SSSR count). The van der Waals surface area contributed by atoms with Crippen molar-refractivity contribution in [3.63, 3.8) is 0 Å². The van der Waals surface area contributed by atoms with E-state index in [0.717, 1.165) is 17.8 Å². The predicted molar refractivity (Wildman–Crippen MR) is 132 cm³/mol. The maximum absolute atomic E-state index is 13.0. The van der Waals surface area contributed by atoms with Crippen LogP contribution >= 0.6 is 11.6 Å². The number of carboxylic acids is 1. The standard InChI is InChI=1S/C26H28ClF3N2O5/c1-16(2)37-23-14-20(32(31-23)15-18-9-10-19(13-21(18)27)26(28,29)30)7-5-11-36-25-17(12-24(33)34)6-4-8-22(25)35-3/h4,6,8-10,13-14,16H,5,7,11-12,15H2,1-3H3,(H,33,34). The van der Waals surface area contributed by atoms with E-state index in [1.165, 1.54) is 13.2 Å². The minimum Gasteiger partial charge on any atom is -0.493 e. The number of alkyl halides is 3. The number of aliphatic carboxylic acids is 1. The van der Waals surface area contributed by atoms with Crippen LogP contribution in [0.4, 0.5) is 13.2 Å². The molecule has 0 aliphatic carbocycles. The molecule has 7 nitrogen and oxygen atoms in total. The highest BCUT2D eigenvalue weighted by molar-refractivity contribution is 6.31. The molecule has 0 aliphatic rings. The molecule has 0 aliphatic heterocycles. The number of rotatable bonds is 12. The molecule has 0 atom stereocenters. The Morgan fingerprint density at radius 2 is 1.92 bits per heavy atom. The highest BCUT2D eigenvalue weighted by Gasteiger charge is 2.31. The minimum absolute atomic E-state index is 0.00642. The van der Waals surface area contributed by atoms with Crippen molar-refractivity contribution in [3.8, 4) is 17.4 Å². The summed E-state index contributed by atoms with van der Waals surface area (Å²) < 4.78 is 57.6. The summed E-state index contributed by atoms with van der Waals surface area (Å²) in [5.41, 5.74) is 0.947. The molecule has 1 heterocycles. The zero-order valence-electron chi connectivity index (χ0n) is 20.6. The topological polar surface area (TPSA) is 82.8 Å². The van der Waals surface area contributed by atoms with Gasteiger partial charge in [0, 0.05) is 22.3 Å². The molecular weight excluding hydrogens is 513 g/mol. The van der Waals surface area contributed by atoms with Crippen LogP contribution in [0.5, 0.6) is 17.4 Å². The van der Waals surface area contributed by atoms with Crippen molar-refractivity contribution in [2.45, 2.75) is 51.9 Å². The molecule has 0 bridgehead atoms. The summed E-state index contributed by atoms with van der Waals surface area (Å²) in [6.07, 6.45) is -3.76. The largest absolute Gasteiger partial charge is 0.493 e. The van der Waals surface area contributed by atoms with Crippen molar-refractivity contribution < 1.29 is 37.3 Å². The highest BCUT2D eigenvalue weighted by atomic mass is 35.5. The van der Waals surface area contributed by atoms with Crippen LogP contribution in [-0.4, -0.2) is 40.7 Å². The summed E-state index contributed by atoms with van der Waals surface area (Å²) in [6, 6.07) is 10.1. The van der Waals surface area contributed by atoms with Gasteiger partial charge in [-0.05, 0) is 50.5 Å². The summed E-state index contributed by atoms with van der Waals surface area (Å²) in [4.78, 5) is 11.2. The number of carbonyl (C=O) groups is 1. The van der Waals surface area contributed by atoms with Crippen molar-refractivity contribution in [1.29, 1.82) is 0 Å². The number of benzene rings is 2. The average Bonchev–Trinajstić information content (AvgIpc) is 3.17. The summed E-state index contributed by atoms with van der Waals surface area (Å²) in [5, 5.41) is 13.6. The van der Waals surface area contributed by atoms with Gasteiger partial charge in [0.05, 0.1) is 38.3 Å². The van der Waals surface area contributed by atoms with E-state index in [4.69, 9.17) is 25.8 Å². The number of carboxylic acid groups (broad SMARTS) is 1. The third kappa shape index (κ3) is 7.79. The van der Waals surface area contributed by atoms with Gasteiger partial charge in [-0.3, -0.25) is 9.48 Å². The zero-order chi connectivity index (χ0) is 27.2. The summed E-state index contributed by atoms with van der Waals surface area (Å²) in [6.45, 7) is 4.14. The smallest absolute Gasteiger partial charge is 0.416 e. The maximum atomic E-state index is 13.0. The molecule has 3 aromatic rings. The van der Waals surface area contributed by atoms with Gasteiger partial charge in [0.15, 0.2) is 11.5 Å². The van der Waals surface area contributed by atoms with Crippen molar-refractivity contribution in [3.05, 3.63) is 69.9 Å². The number of para-hydroxylation sites is 1. The van der Waals surface area contributed by atoms with E-state index in [-0.39, 0.29) is 30.7 Å². The lowest BCUT2D eigenvalue weighted by Crippen LogP contribution is -2.11. The third-order valence-corrected chi connectivity index (χ3v) is 5.70. The highest BCUT2D eigenvalue weighted by Crippen LogP contribution is 2.33. The number of aromatic nitrogens is 2. The van der Waals surface area contributed by atoms with Gasteiger partial charge in [0.1, 0.15) is 0 Å². The van der Waals surface area contributed by atoms with Crippen molar-refractivity contribution in [2.75, 3.05) is 13.7 Å². The monoisotopic (exact) mass is 540 g/mol. The number of nitrogens with zero attached hydrogens (tertiary/aromatic N) is 2. The van der Waals surface area contributed by atoms with Gasteiger partial charge in [0.2, 0.25) is 5.88 Å². The second kappa shape index (κ2) is 12.2. The van der Waals surface area contributed by atoms with Crippen LogP contribution in [-0.2, 0) is 30.4 Å². The number of hydrogen-bond acceptors (Lipinski definition) is 5. The van der Waals surface area contributed by atoms with Crippen LogP contribution in [0.2, 0.25) is 5.02 Å². The number of methoxy groups -OCH3 is 1. The summed E-state index contributed by atoms with van der Waals surface area (Å²) >= 11 is 6.16. The number of aryl methyl sites for hydroxylation is 1. The molecule has 0 amide bonds. The minimum atomic E-state index is -4.48. The fourth-order valence-electron chi connectivity index (χ4n) is 3.70. The van der Waals surface area contributed by atoms with Crippen LogP contribution in [0.1, 0.15) is 42.7 Å². The number of hydrogen-bond donors (Lipinski definition) is 1. The van der Waals surface area contributed by atoms with E-state index in [1.54, 1.807) is 28.9 Å². The maximum Gasteiger partial charge on any atom is 0.416 e. The van der Waals surface area contributed by atoms with Gasteiger partial charge in [-0.1, -0.05) is 29.8 Å². The molecule has 0 spiro atoms. The molecule has 200 valence electrons. The van der Waals surface area contributed by atoms with Crippen LogP contribution in [0, 0.1) is 0 Å². The molecule has 0 saturated carbocycles. The van der Waals surface area contributed by atoms with Gasteiger partial charge in [-0.15, -0.1) is 5.10 Å². The Balaban J connectivity index is 1.74. The molecular formula is C26H28ClF3N2O5. The Hall–Kier alpha value is -3.40. The van der Waals surface area contributed by atoms with Gasteiger partial charge in [-0.2, -0.15) is 13.2 Å². The molecule has 37 heavy (non-hydrogen) atoms. The molecule has 11 heteroatoms. The van der Waals surface area contributed by atoms with Crippen LogP contribution < -0.4 is 14.2 Å². The van der Waals surface area contributed by atoms with Crippen molar-refractivity contribution in [1.82, 2.24) is 9.78 Å². The first-order chi connectivity index (χ1) is 17.5. The fourth-order valence-corrected chi connectivity index (χ4v) is 3.94. The van der Waals surface area contributed by atoms with E-state index in [0.29, 0.717) is 41.3 Å². The zero-order valence-corrected chi connectivity index (χ0v) is 21.4. The first kappa shape index (κ1) is 28.2. The van der Waals surface area contributed by atoms with Crippen molar-refractivity contribution >= 4 is 17.6 Å². The lowest BCUT2D eigenvalue weighted by molar-refractivity contribution is -0.138. The molecule has 1 aromatic heterocycles. The molecule has 0 radical (unpaired) electrons. The second-order valence-electron chi connectivity index (χ2n) is 8.57. The normalized spacial score (nSPS) is 11.6. The molecule has 2 aromatic carbocycles. The van der Waals surface area contributed by atoms with Gasteiger partial charge < -0.3 is 19.3 Å². The molecule has 1 N–H and O–H groups in total. The Labute approximate surface area is 217 Å². The van der Waals surface area contributed by atoms with Crippen LogP contribution in [0.15, 0.2) is 42.5 Å². The Bertz CT molecular complexity index is 1230. The van der Waals surface area contributed by atoms with E-state index in [1.807, 2.05) is 13.8 Å². The molecule has 0 saturated heterocycles. The van der Waals surface area contributed by atoms with E-state index in [2.05, 4.69) is 5.10 Å². The quantitative estimate of drug-likeness (QED) is 0.282. The Morgan fingerprint density at radius 1 is 1.16 bits per heavy atom. The van der Waals surface area contributed by atoms with E-state index >= 15 is 0 Å². The predicted octanol–water partition coefficient (Wildman–Crippen LogP) is 6.04. The van der Waals surface area contributed by atoms with Crippen LogP contribution in [0.25, 0.3) is 0 Å². The lowest BCUT2D eigenvalue weighted by atomic mass is 10.1. The first-order valence-electron chi connectivity index (χ1n) is 11.6. The SMILES string of the molecule is COc1cccc(CC(=O)O)c1OCCCc1cc(OC(C)C)nn1Cc1ccc(C(F)(F)F)cc1Cl. The third-order valence-electron chi connectivity index (χ3n) is 5.34. The van der Waals surface area contributed by atoms with Gasteiger partial charge >= 0.3 is 12.1 Å². The van der Waals surface area contributed by atoms with E-state index in [9.17, 15) is 23.1 Å². The molecule has 0 fully saturated rings. The summed E-state index contributed by atoms with van der Waals surface area (Å²) in [5.74, 6) is 0.221.